The first kappa shape index (κ1) is 16.9. The molecule has 0 aromatic carbocycles. The van der Waals surface area contributed by atoms with Crippen LogP contribution in [0.2, 0.25) is 0 Å². The Labute approximate surface area is 109 Å². The molecule has 0 rings (SSSR count). The second-order valence-electron chi connectivity index (χ2n) is 4.26. The maximum absolute atomic E-state index is 11.5. The number of likely N-dealkylation sites (N-methyl/N-ethyl adjacent to an activating group) is 1. The highest BCUT2D eigenvalue weighted by Gasteiger charge is 2.22. The van der Waals surface area contributed by atoms with Gasteiger partial charge in [0.1, 0.15) is 0 Å². The molecule has 0 aliphatic carbocycles. The van der Waals surface area contributed by atoms with Crippen molar-refractivity contribution in [1.82, 2.24) is 10.2 Å². The van der Waals surface area contributed by atoms with Gasteiger partial charge >= 0.3 is 5.97 Å². The van der Waals surface area contributed by atoms with Crippen molar-refractivity contribution in [3.05, 3.63) is 0 Å². The number of nitrogens with two attached hydrogens (primary N) is 1. The lowest BCUT2D eigenvalue weighted by molar-refractivity contribution is -0.147. The van der Waals surface area contributed by atoms with Crippen molar-refractivity contribution in [2.45, 2.75) is 39.3 Å². The number of carbonyl (C=O) groups excluding carboxylic acids is 2. The standard InChI is InChI=1S/C12H25N3O3/c1-5-9(3)15(4)8-7-14-11(16)10(13)12(17)18-6-2/h9-10H,5-8,13H2,1-4H3,(H,14,16). The van der Waals surface area contributed by atoms with Crippen molar-refractivity contribution in [1.29, 1.82) is 0 Å². The van der Waals surface area contributed by atoms with E-state index in [4.69, 9.17) is 5.73 Å². The Balaban J connectivity index is 3.93. The summed E-state index contributed by atoms with van der Waals surface area (Å²) in [6.45, 7) is 7.30. The minimum atomic E-state index is -1.24. The van der Waals surface area contributed by atoms with Crippen molar-refractivity contribution < 1.29 is 14.3 Å². The molecule has 6 nitrogen and oxygen atoms in total. The predicted octanol–water partition coefficient (Wildman–Crippen LogP) is -0.277. The summed E-state index contributed by atoms with van der Waals surface area (Å²) in [5, 5.41) is 2.63. The molecule has 0 aromatic heterocycles. The summed E-state index contributed by atoms with van der Waals surface area (Å²) in [7, 11) is 1.99. The van der Waals surface area contributed by atoms with Gasteiger partial charge in [0.15, 0.2) is 6.04 Å². The molecule has 2 unspecified atom stereocenters. The highest BCUT2D eigenvalue weighted by atomic mass is 16.5. The molecule has 0 fully saturated rings. The lowest BCUT2D eigenvalue weighted by atomic mass is 10.2. The summed E-state index contributed by atoms with van der Waals surface area (Å²) in [6, 6.07) is -0.778. The molecule has 0 aliphatic rings. The molecule has 0 aromatic rings. The van der Waals surface area contributed by atoms with Gasteiger partial charge in [-0.25, -0.2) is 4.79 Å². The second kappa shape index (κ2) is 8.88. The monoisotopic (exact) mass is 259 g/mol. The van der Waals surface area contributed by atoms with Gasteiger partial charge in [-0.15, -0.1) is 0 Å². The van der Waals surface area contributed by atoms with Crippen LogP contribution in [0.1, 0.15) is 27.2 Å². The zero-order valence-corrected chi connectivity index (χ0v) is 11.7. The van der Waals surface area contributed by atoms with Crippen molar-refractivity contribution in [3.8, 4) is 0 Å². The molecule has 0 saturated carbocycles. The van der Waals surface area contributed by atoms with E-state index in [1.165, 1.54) is 0 Å². The van der Waals surface area contributed by atoms with Crippen LogP contribution in [-0.2, 0) is 14.3 Å². The summed E-state index contributed by atoms with van der Waals surface area (Å²) in [5.41, 5.74) is 5.45. The third kappa shape index (κ3) is 5.97. The Bertz CT molecular complexity index is 271. The van der Waals surface area contributed by atoms with E-state index < -0.39 is 17.9 Å². The molecule has 6 heteroatoms. The molecular formula is C12H25N3O3. The summed E-state index contributed by atoms with van der Waals surface area (Å²) < 4.78 is 4.67. The lowest BCUT2D eigenvalue weighted by Gasteiger charge is -2.23. The number of nitrogens with one attached hydrogen (secondary N) is 1. The zero-order chi connectivity index (χ0) is 14.1. The molecule has 3 N–H and O–H groups in total. The molecule has 18 heavy (non-hydrogen) atoms. The van der Waals surface area contributed by atoms with Gasteiger partial charge in [0.05, 0.1) is 6.61 Å². The second-order valence-corrected chi connectivity index (χ2v) is 4.26. The number of rotatable bonds is 8. The highest BCUT2D eigenvalue weighted by molar-refractivity contribution is 6.01. The lowest BCUT2D eigenvalue weighted by Crippen LogP contribution is -2.48. The van der Waals surface area contributed by atoms with E-state index in [9.17, 15) is 9.59 Å². The average molecular weight is 259 g/mol. The Morgan fingerprint density at radius 2 is 2.00 bits per heavy atom. The molecular weight excluding hydrogens is 234 g/mol. The molecule has 0 aliphatic heterocycles. The minimum absolute atomic E-state index is 0.219. The topological polar surface area (TPSA) is 84.7 Å². The van der Waals surface area contributed by atoms with Crippen LogP contribution in [0, 0.1) is 0 Å². The number of hydrogen-bond donors (Lipinski definition) is 2. The fourth-order valence-electron chi connectivity index (χ4n) is 1.34. The van der Waals surface area contributed by atoms with Crippen LogP contribution in [0.15, 0.2) is 0 Å². The number of carbonyl (C=O) groups is 2. The van der Waals surface area contributed by atoms with E-state index in [0.29, 0.717) is 12.6 Å². The van der Waals surface area contributed by atoms with E-state index >= 15 is 0 Å². The van der Waals surface area contributed by atoms with Gasteiger partial charge in [0.25, 0.3) is 0 Å². The normalized spacial score (nSPS) is 14.1. The maximum atomic E-state index is 11.5. The van der Waals surface area contributed by atoms with Crippen LogP contribution in [-0.4, -0.2) is 55.6 Å². The fourth-order valence-corrected chi connectivity index (χ4v) is 1.34. The van der Waals surface area contributed by atoms with E-state index in [1.807, 2.05) is 7.05 Å². The average Bonchev–Trinajstić information content (AvgIpc) is 2.36. The molecule has 0 bridgehead atoms. The van der Waals surface area contributed by atoms with Gasteiger partial charge in [0.2, 0.25) is 5.91 Å². The number of hydrogen-bond acceptors (Lipinski definition) is 5. The predicted molar refractivity (Wildman–Crippen MR) is 70.0 cm³/mol. The molecule has 2 atom stereocenters. The van der Waals surface area contributed by atoms with E-state index in [2.05, 4.69) is 28.8 Å². The number of amides is 1. The first-order chi connectivity index (χ1) is 8.43. The Morgan fingerprint density at radius 1 is 1.39 bits per heavy atom. The smallest absolute Gasteiger partial charge is 0.332 e. The Hall–Kier alpha value is -1.14. The largest absolute Gasteiger partial charge is 0.464 e. The highest BCUT2D eigenvalue weighted by Crippen LogP contribution is 1.98. The molecule has 0 saturated heterocycles. The van der Waals surface area contributed by atoms with Crippen molar-refractivity contribution in [3.63, 3.8) is 0 Å². The SMILES string of the molecule is CCOC(=O)C(N)C(=O)NCCN(C)C(C)CC. The van der Waals surface area contributed by atoms with Crippen LogP contribution in [0.4, 0.5) is 0 Å². The van der Waals surface area contributed by atoms with Gasteiger partial charge in [-0.2, -0.15) is 0 Å². The maximum Gasteiger partial charge on any atom is 0.332 e. The van der Waals surface area contributed by atoms with Crippen LogP contribution < -0.4 is 11.1 Å². The molecule has 0 radical (unpaired) electrons. The van der Waals surface area contributed by atoms with Gasteiger partial charge in [0, 0.05) is 19.1 Å². The van der Waals surface area contributed by atoms with Crippen LogP contribution in [0.3, 0.4) is 0 Å². The minimum Gasteiger partial charge on any atom is -0.464 e. The van der Waals surface area contributed by atoms with E-state index in [1.54, 1.807) is 6.92 Å². The Morgan fingerprint density at radius 3 is 2.50 bits per heavy atom. The van der Waals surface area contributed by atoms with Gasteiger partial charge < -0.3 is 20.7 Å². The molecule has 0 spiro atoms. The quantitative estimate of drug-likeness (QED) is 0.463. The third-order valence-corrected chi connectivity index (χ3v) is 2.93. The van der Waals surface area contributed by atoms with Gasteiger partial charge in [-0.05, 0) is 27.3 Å². The van der Waals surface area contributed by atoms with Gasteiger partial charge in [-0.3, -0.25) is 4.79 Å². The molecule has 0 heterocycles. The van der Waals surface area contributed by atoms with E-state index in [0.717, 1.165) is 13.0 Å². The number of esters is 1. The Kier molecular flexibility index (Phi) is 8.32. The summed E-state index contributed by atoms with van der Waals surface area (Å²) in [5.74, 6) is -1.18. The van der Waals surface area contributed by atoms with Crippen LogP contribution in [0.5, 0.6) is 0 Å². The zero-order valence-electron chi connectivity index (χ0n) is 11.7. The number of ether oxygens (including phenoxy) is 1. The molecule has 1 amide bonds. The van der Waals surface area contributed by atoms with Crippen molar-refractivity contribution in [2.24, 2.45) is 5.73 Å². The van der Waals surface area contributed by atoms with Gasteiger partial charge in [-0.1, -0.05) is 6.92 Å². The molecule has 106 valence electrons. The first-order valence-corrected chi connectivity index (χ1v) is 6.34. The summed E-state index contributed by atoms with van der Waals surface area (Å²) in [6.07, 6.45) is 1.05. The first-order valence-electron chi connectivity index (χ1n) is 6.34. The number of nitrogens with zero attached hydrogens (tertiary/aromatic N) is 1. The van der Waals surface area contributed by atoms with Crippen LogP contribution in [0.25, 0.3) is 0 Å². The van der Waals surface area contributed by atoms with Crippen LogP contribution >= 0.6 is 0 Å². The van der Waals surface area contributed by atoms with Crippen molar-refractivity contribution in [2.75, 3.05) is 26.7 Å². The van der Waals surface area contributed by atoms with E-state index in [-0.39, 0.29) is 6.61 Å². The van der Waals surface area contributed by atoms with Crippen molar-refractivity contribution >= 4 is 11.9 Å². The summed E-state index contributed by atoms with van der Waals surface area (Å²) in [4.78, 5) is 24.9. The fraction of sp³-hybridized carbons (Fsp3) is 0.833. The third-order valence-electron chi connectivity index (χ3n) is 2.93. The summed E-state index contributed by atoms with van der Waals surface area (Å²) >= 11 is 0.